The van der Waals surface area contributed by atoms with Crippen LogP contribution in [-0.4, -0.2) is 4.98 Å². The molecule has 0 amide bonds. The Morgan fingerprint density at radius 1 is 1.55 bits per heavy atom. The average Bonchev–Trinajstić information content (AvgIpc) is 1.85. The molecule has 0 fully saturated rings. The van der Waals surface area contributed by atoms with E-state index in [-0.39, 0.29) is 17.1 Å². The summed E-state index contributed by atoms with van der Waals surface area (Å²) in [7, 11) is 0. The van der Waals surface area contributed by atoms with Gasteiger partial charge in [0, 0.05) is 6.07 Å². The predicted octanol–water partition coefficient (Wildman–Crippen LogP) is -0.589. The van der Waals surface area contributed by atoms with Crippen LogP contribution in [0.2, 0.25) is 0 Å². The second kappa shape index (κ2) is 2.34. The van der Waals surface area contributed by atoms with Crippen LogP contribution in [0.5, 0.6) is 0 Å². The molecule has 11 heavy (non-hydrogen) atoms. The van der Waals surface area contributed by atoms with Crippen LogP contribution in [0.1, 0.15) is 5.56 Å². The Labute approximate surface area is 62.2 Å². The van der Waals surface area contributed by atoms with Crippen molar-refractivity contribution >= 4 is 11.5 Å². The first-order valence-corrected chi connectivity index (χ1v) is 2.83. The van der Waals surface area contributed by atoms with Gasteiger partial charge >= 0.3 is 0 Å². The Kier molecular flexibility index (Phi) is 1.52. The quantitative estimate of drug-likeness (QED) is 0.459. The largest absolute Gasteiger partial charge is 0.397 e. The fourth-order valence-corrected chi connectivity index (χ4v) is 0.725. The van der Waals surface area contributed by atoms with E-state index in [0.717, 1.165) is 6.07 Å². The lowest BCUT2D eigenvalue weighted by Gasteiger charge is -1.98. The zero-order valence-electron chi connectivity index (χ0n) is 5.59. The first-order chi connectivity index (χ1) is 5.15. The molecule has 5 heteroatoms. The maximum atomic E-state index is 10.7. The van der Waals surface area contributed by atoms with E-state index < -0.39 is 5.56 Å². The minimum absolute atomic E-state index is 0.0116. The van der Waals surface area contributed by atoms with E-state index in [0.29, 0.717) is 0 Å². The normalized spacial score (nSPS) is 9.00. The van der Waals surface area contributed by atoms with Gasteiger partial charge < -0.3 is 16.5 Å². The molecular weight excluding hydrogens is 144 g/mol. The van der Waals surface area contributed by atoms with Crippen LogP contribution >= 0.6 is 0 Å². The highest BCUT2D eigenvalue weighted by Gasteiger charge is 2.03. The van der Waals surface area contributed by atoms with Gasteiger partial charge in [0.15, 0.2) is 0 Å². The summed E-state index contributed by atoms with van der Waals surface area (Å²) < 4.78 is 0. The lowest BCUT2D eigenvalue weighted by Crippen LogP contribution is -2.11. The molecule has 0 bridgehead atoms. The molecule has 0 atom stereocenters. The number of anilines is 2. The van der Waals surface area contributed by atoms with Crippen molar-refractivity contribution in [1.82, 2.24) is 4.98 Å². The number of aromatic nitrogens is 1. The molecule has 0 aliphatic carbocycles. The number of nitriles is 1. The van der Waals surface area contributed by atoms with Crippen LogP contribution in [-0.2, 0) is 0 Å². The average molecular weight is 150 g/mol. The summed E-state index contributed by atoms with van der Waals surface area (Å²) >= 11 is 0. The van der Waals surface area contributed by atoms with Crippen molar-refractivity contribution in [2.75, 3.05) is 11.5 Å². The summed E-state index contributed by atoms with van der Waals surface area (Å²) in [6, 6.07) is 2.89. The lowest BCUT2D eigenvalue weighted by molar-refractivity contribution is 1.24. The van der Waals surface area contributed by atoms with E-state index in [2.05, 4.69) is 4.98 Å². The van der Waals surface area contributed by atoms with Gasteiger partial charge in [-0.2, -0.15) is 5.26 Å². The molecule has 5 N–H and O–H groups in total. The van der Waals surface area contributed by atoms with Crippen LogP contribution in [0.25, 0.3) is 0 Å². The molecular formula is C6H6N4O. The topological polar surface area (TPSA) is 109 Å². The van der Waals surface area contributed by atoms with Crippen molar-refractivity contribution in [3.8, 4) is 6.07 Å². The first-order valence-electron chi connectivity index (χ1n) is 2.83. The number of hydrogen-bond donors (Lipinski definition) is 3. The molecule has 5 nitrogen and oxygen atoms in total. The molecule has 1 rings (SSSR count). The number of nitrogen functional groups attached to an aromatic ring is 2. The molecule has 0 aliphatic heterocycles. The highest BCUT2D eigenvalue weighted by Crippen LogP contribution is 2.11. The zero-order valence-corrected chi connectivity index (χ0v) is 5.59. The van der Waals surface area contributed by atoms with Gasteiger partial charge in [0.05, 0.1) is 5.69 Å². The fourth-order valence-electron chi connectivity index (χ4n) is 0.725. The van der Waals surface area contributed by atoms with Crippen LogP contribution in [0.4, 0.5) is 11.5 Å². The van der Waals surface area contributed by atoms with Crippen molar-refractivity contribution in [3.05, 3.63) is 22.0 Å². The molecule has 0 aliphatic rings. The third kappa shape index (κ3) is 1.14. The number of nitrogens with one attached hydrogen (secondary N) is 1. The number of rotatable bonds is 0. The Hall–Kier alpha value is -1.96. The van der Waals surface area contributed by atoms with Gasteiger partial charge in [-0.25, -0.2) is 0 Å². The second-order valence-electron chi connectivity index (χ2n) is 1.99. The third-order valence-corrected chi connectivity index (χ3v) is 1.21. The summed E-state index contributed by atoms with van der Waals surface area (Å²) in [5.74, 6) is 0.0116. The zero-order chi connectivity index (χ0) is 8.43. The summed E-state index contributed by atoms with van der Waals surface area (Å²) in [5.41, 5.74) is 10.4. The van der Waals surface area contributed by atoms with Crippen molar-refractivity contribution in [3.63, 3.8) is 0 Å². The molecule has 1 heterocycles. The van der Waals surface area contributed by atoms with Crippen LogP contribution in [0.3, 0.4) is 0 Å². The van der Waals surface area contributed by atoms with Crippen LogP contribution in [0.15, 0.2) is 10.9 Å². The molecule has 1 aromatic heterocycles. The van der Waals surface area contributed by atoms with Crippen molar-refractivity contribution in [2.45, 2.75) is 0 Å². The second-order valence-corrected chi connectivity index (χ2v) is 1.99. The standard InChI is InChI=1S/C6H6N4O/c7-2-3-4(8)1-5(11)10-6(3)9/h1H,(H5,8,9,10,11). The van der Waals surface area contributed by atoms with Crippen LogP contribution in [0, 0.1) is 11.3 Å². The summed E-state index contributed by atoms with van der Waals surface area (Å²) in [4.78, 5) is 12.9. The molecule has 56 valence electrons. The summed E-state index contributed by atoms with van der Waals surface area (Å²) in [5, 5.41) is 8.46. The van der Waals surface area contributed by atoms with Crippen molar-refractivity contribution in [2.24, 2.45) is 0 Å². The maximum Gasteiger partial charge on any atom is 0.251 e. The molecule has 0 radical (unpaired) electrons. The van der Waals surface area contributed by atoms with E-state index in [4.69, 9.17) is 16.7 Å². The number of aromatic amines is 1. The third-order valence-electron chi connectivity index (χ3n) is 1.21. The van der Waals surface area contributed by atoms with Gasteiger partial charge in [0.25, 0.3) is 5.56 Å². The number of nitrogens with two attached hydrogens (primary N) is 2. The van der Waals surface area contributed by atoms with Crippen molar-refractivity contribution < 1.29 is 0 Å². The van der Waals surface area contributed by atoms with Crippen molar-refractivity contribution in [1.29, 1.82) is 5.26 Å². The molecule has 0 saturated heterocycles. The van der Waals surface area contributed by atoms with Gasteiger partial charge in [-0.3, -0.25) is 4.79 Å². The van der Waals surface area contributed by atoms with Gasteiger partial charge in [-0.1, -0.05) is 0 Å². The Morgan fingerprint density at radius 2 is 2.18 bits per heavy atom. The van der Waals surface area contributed by atoms with E-state index in [1.165, 1.54) is 0 Å². The molecule has 0 aromatic carbocycles. The van der Waals surface area contributed by atoms with E-state index >= 15 is 0 Å². The summed E-state index contributed by atoms with van der Waals surface area (Å²) in [6.07, 6.45) is 0. The van der Waals surface area contributed by atoms with Gasteiger partial charge in [0.1, 0.15) is 17.5 Å². The molecule has 0 saturated carbocycles. The van der Waals surface area contributed by atoms with Gasteiger partial charge in [-0.05, 0) is 0 Å². The fraction of sp³-hybridized carbons (Fsp3) is 0. The Bertz CT molecular complexity index is 347. The first kappa shape index (κ1) is 7.15. The smallest absolute Gasteiger partial charge is 0.251 e. The Morgan fingerprint density at radius 3 is 2.64 bits per heavy atom. The molecule has 1 aromatic rings. The molecule has 0 unspecified atom stereocenters. The SMILES string of the molecule is N#Cc1c(N)cc(=O)[nH]c1N. The maximum absolute atomic E-state index is 10.7. The number of hydrogen-bond acceptors (Lipinski definition) is 4. The van der Waals surface area contributed by atoms with E-state index in [1.807, 2.05) is 0 Å². The molecule has 0 spiro atoms. The number of nitrogens with zero attached hydrogens (tertiary/aromatic N) is 1. The van der Waals surface area contributed by atoms with Gasteiger partial charge in [0.2, 0.25) is 0 Å². The predicted molar refractivity (Wildman–Crippen MR) is 40.6 cm³/mol. The number of H-pyrrole nitrogens is 1. The number of pyridine rings is 1. The highest BCUT2D eigenvalue weighted by molar-refractivity contribution is 5.63. The van der Waals surface area contributed by atoms with Gasteiger partial charge in [-0.15, -0.1) is 0 Å². The minimum Gasteiger partial charge on any atom is -0.397 e. The highest BCUT2D eigenvalue weighted by atomic mass is 16.1. The van der Waals surface area contributed by atoms with E-state index in [9.17, 15) is 4.79 Å². The Balaban J connectivity index is 3.52. The monoisotopic (exact) mass is 150 g/mol. The lowest BCUT2D eigenvalue weighted by atomic mass is 10.2. The van der Waals surface area contributed by atoms with E-state index in [1.54, 1.807) is 6.07 Å². The van der Waals surface area contributed by atoms with Crippen LogP contribution < -0.4 is 17.0 Å². The summed E-state index contributed by atoms with van der Waals surface area (Å²) in [6.45, 7) is 0. The minimum atomic E-state index is -0.404.